The maximum atomic E-state index is 12.8. The van der Waals surface area contributed by atoms with Crippen molar-refractivity contribution in [1.82, 2.24) is 0 Å². The summed E-state index contributed by atoms with van der Waals surface area (Å²) in [6.45, 7) is 6.53. The van der Waals surface area contributed by atoms with Crippen LogP contribution in [0.15, 0.2) is 48.6 Å². The van der Waals surface area contributed by atoms with Gasteiger partial charge in [-0.05, 0) is 77.0 Å². The van der Waals surface area contributed by atoms with Crippen molar-refractivity contribution in [2.24, 2.45) is 0 Å². The average Bonchev–Trinajstić information content (AvgIpc) is 3.29. The van der Waals surface area contributed by atoms with Gasteiger partial charge in [0, 0.05) is 19.3 Å². The van der Waals surface area contributed by atoms with Crippen molar-refractivity contribution in [3.63, 3.8) is 0 Å². The predicted octanol–water partition coefficient (Wildman–Crippen LogP) is 18.3. The van der Waals surface area contributed by atoms with Gasteiger partial charge in [-0.3, -0.25) is 14.4 Å². The summed E-state index contributed by atoms with van der Waals surface area (Å²) >= 11 is 0. The fraction of sp³-hybridized carbons (Fsp3) is 0.810. The van der Waals surface area contributed by atoms with Crippen molar-refractivity contribution in [3.8, 4) is 0 Å². The van der Waals surface area contributed by atoms with Gasteiger partial charge in [-0.1, -0.05) is 236 Å². The van der Waals surface area contributed by atoms with E-state index in [0.29, 0.717) is 19.3 Å². The highest BCUT2D eigenvalue weighted by Gasteiger charge is 2.19. The van der Waals surface area contributed by atoms with Crippen LogP contribution in [0.2, 0.25) is 0 Å². The largest absolute Gasteiger partial charge is 0.462 e. The van der Waals surface area contributed by atoms with Crippen molar-refractivity contribution in [1.29, 1.82) is 0 Å². The number of hydrogen-bond donors (Lipinski definition) is 0. The minimum Gasteiger partial charge on any atom is -0.462 e. The third-order valence-electron chi connectivity index (χ3n) is 12.1. The summed E-state index contributed by atoms with van der Waals surface area (Å²) in [6.07, 6.45) is 63.8. The monoisotopic (exact) mass is 897 g/mol. The van der Waals surface area contributed by atoms with Gasteiger partial charge in [0.25, 0.3) is 0 Å². The van der Waals surface area contributed by atoms with Gasteiger partial charge in [0.2, 0.25) is 0 Å². The smallest absolute Gasteiger partial charge is 0.306 e. The first kappa shape index (κ1) is 61.4. The molecule has 0 saturated heterocycles. The Morgan fingerprint density at radius 3 is 0.984 bits per heavy atom. The number of allylic oxidation sites excluding steroid dienone is 8. The first-order chi connectivity index (χ1) is 31.5. The third kappa shape index (κ3) is 50.4. The molecular formula is C58H104O6. The zero-order valence-corrected chi connectivity index (χ0v) is 42.6. The molecule has 0 N–H and O–H groups in total. The van der Waals surface area contributed by atoms with E-state index in [1.54, 1.807) is 0 Å². The Bertz CT molecular complexity index is 1120. The fourth-order valence-corrected chi connectivity index (χ4v) is 7.92. The molecule has 1 atom stereocenters. The summed E-state index contributed by atoms with van der Waals surface area (Å²) in [6, 6.07) is 0. The lowest BCUT2D eigenvalue weighted by atomic mass is 10.0. The summed E-state index contributed by atoms with van der Waals surface area (Å²) in [5.74, 6) is -0.898. The van der Waals surface area contributed by atoms with Crippen LogP contribution < -0.4 is 0 Å². The number of rotatable bonds is 50. The standard InChI is InChI=1S/C58H104O6/c1-4-7-10-13-16-19-22-25-27-29-31-33-36-39-42-45-48-51-57(60)63-54-55(53-62-56(59)50-47-44-41-38-35-32-24-21-18-15-12-9-6-3)64-58(61)52-49-46-43-40-37-34-30-28-26-23-20-17-14-11-8-5-2/h8,11,17,20,26,28,32,35,55H,4-7,9-10,12-16,18-19,21-25,27,29-31,33-34,36-54H2,1-3H3/b11-8-,20-17-,28-26-,35-32-. The van der Waals surface area contributed by atoms with E-state index >= 15 is 0 Å². The normalized spacial score (nSPS) is 12.4. The van der Waals surface area contributed by atoms with Gasteiger partial charge >= 0.3 is 17.9 Å². The number of ether oxygens (including phenoxy) is 3. The topological polar surface area (TPSA) is 78.9 Å². The van der Waals surface area contributed by atoms with Crippen molar-refractivity contribution >= 4 is 17.9 Å². The highest BCUT2D eigenvalue weighted by atomic mass is 16.6. The number of hydrogen-bond acceptors (Lipinski definition) is 6. The summed E-state index contributed by atoms with van der Waals surface area (Å²) in [5, 5.41) is 0. The van der Waals surface area contributed by atoms with E-state index in [1.165, 1.54) is 141 Å². The molecule has 0 bridgehead atoms. The Balaban J connectivity index is 4.37. The van der Waals surface area contributed by atoms with Crippen molar-refractivity contribution in [2.45, 2.75) is 290 Å². The number of esters is 3. The maximum Gasteiger partial charge on any atom is 0.306 e. The Labute approximate surface area is 397 Å². The van der Waals surface area contributed by atoms with Crippen LogP contribution in [0.4, 0.5) is 0 Å². The summed E-state index contributed by atoms with van der Waals surface area (Å²) in [5.41, 5.74) is 0. The Hall–Kier alpha value is -2.63. The summed E-state index contributed by atoms with van der Waals surface area (Å²) in [7, 11) is 0. The van der Waals surface area contributed by atoms with E-state index in [2.05, 4.69) is 69.4 Å². The molecular weight excluding hydrogens is 793 g/mol. The highest BCUT2D eigenvalue weighted by Crippen LogP contribution is 2.16. The molecule has 6 nitrogen and oxygen atoms in total. The number of carbonyl (C=O) groups excluding carboxylic acids is 3. The van der Waals surface area contributed by atoms with Gasteiger partial charge in [0.05, 0.1) is 0 Å². The molecule has 0 spiro atoms. The van der Waals surface area contributed by atoms with Crippen molar-refractivity contribution in [2.75, 3.05) is 13.2 Å². The maximum absolute atomic E-state index is 12.8. The van der Waals surface area contributed by atoms with E-state index in [0.717, 1.165) is 103 Å². The van der Waals surface area contributed by atoms with Crippen LogP contribution in [0.25, 0.3) is 0 Å². The van der Waals surface area contributed by atoms with Gasteiger partial charge in [-0.2, -0.15) is 0 Å². The van der Waals surface area contributed by atoms with Crippen molar-refractivity contribution in [3.05, 3.63) is 48.6 Å². The van der Waals surface area contributed by atoms with E-state index in [-0.39, 0.29) is 31.1 Å². The molecule has 0 aromatic rings. The van der Waals surface area contributed by atoms with Gasteiger partial charge in [0.1, 0.15) is 13.2 Å². The average molecular weight is 897 g/mol. The lowest BCUT2D eigenvalue weighted by Crippen LogP contribution is -2.30. The predicted molar refractivity (Wildman–Crippen MR) is 275 cm³/mol. The lowest BCUT2D eigenvalue weighted by Gasteiger charge is -2.18. The minimum absolute atomic E-state index is 0.0804. The molecule has 0 aromatic heterocycles. The number of unbranched alkanes of at least 4 members (excludes halogenated alkanes) is 31. The van der Waals surface area contributed by atoms with E-state index < -0.39 is 6.10 Å². The highest BCUT2D eigenvalue weighted by molar-refractivity contribution is 5.71. The second-order valence-electron chi connectivity index (χ2n) is 18.5. The van der Waals surface area contributed by atoms with Gasteiger partial charge in [-0.25, -0.2) is 0 Å². The SMILES string of the molecule is CC/C=C\C/C=C\C/C=C\CCCCCCCCC(=O)OC(COC(=O)CCCCC/C=C\CCCCCCCC)COC(=O)CCCCCCCCCCCCCCCCCCC. The first-order valence-electron chi connectivity index (χ1n) is 27.6. The van der Waals surface area contributed by atoms with Crippen LogP contribution in [0, 0.1) is 0 Å². The van der Waals surface area contributed by atoms with Crippen LogP contribution >= 0.6 is 0 Å². The molecule has 0 saturated carbocycles. The zero-order valence-electron chi connectivity index (χ0n) is 42.6. The van der Waals surface area contributed by atoms with Crippen molar-refractivity contribution < 1.29 is 28.6 Å². The van der Waals surface area contributed by atoms with E-state index in [9.17, 15) is 14.4 Å². The molecule has 64 heavy (non-hydrogen) atoms. The molecule has 0 radical (unpaired) electrons. The first-order valence-corrected chi connectivity index (χ1v) is 27.6. The minimum atomic E-state index is -0.783. The second kappa shape index (κ2) is 53.0. The second-order valence-corrected chi connectivity index (χ2v) is 18.5. The number of carbonyl (C=O) groups is 3. The Morgan fingerprint density at radius 2 is 0.609 bits per heavy atom. The van der Waals surface area contributed by atoms with Crippen LogP contribution in [0.1, 0.15) is 284 Å². The van der Waals surface area contributed by atoms with Gasteiger partial charge in [-0.15, -0.1) is 0 Å². The van der Waals surface area contributed by atoms with Crippen LogP contribution in [-0.4, -0.2) is 37.2 Å². The fourth-order valence-electron chi connectivity index (χ4n) is 7.92. The molecule has 372 valence electrons. The molecule has 1 unspecified atom stereocenters. The van der Waals surface area contributed by atoms with E-state index in [4.69, 9.17) is 14.2 Å². The zero-order chi connectivity index (χ0) is 46.5. The summed E-state index contributed by atoms with van der Waals surface area (Å²) in [4.78, 5) is 38.1. The molecule has 0 aromatic carbocycles. The lowest BCUT2D eigenvalue weighted by molar-refractivity contribution is -0.167. The van der Waals surface area contributed by atoms with E-state index in [1.807, 2.05) is 0 Å². The Kier molecular flexibility index (Phi) is 50.8. The molecule has 0 heterocycles. The third-order valence-corrected chi connectivity index (χ3v) is 12.1. The molecule has 0 aliphatic heterocycles. The van der Waals surface area contributed by atoms with Gasteiger partial charge in [0.15, 0.2) is 6.10 Å². The quantitative estimate of drug-likeness (QED) is 0.0262. The Morgan fingerprint density at radius 1 is 0.328 bits per heavy atom. The molecule has 0 rings (SSSR count). The summed E-state index contributed by atoms with van der Waals surface area (Å²) < 4.78 is 16.8. The van der Waals surface area contributed by atoms with Crippen LogP contribution in [-0.2, 0) is 28.6 Å². The molecule has 0 amide bonds. The molecule has 0 aliphatic rings. The molecule has 6 heteroatoms. The molecule has 0 fully saturated rings. The van der Waals surface area contributed by atoms with Crippen LogP contribution in [0.3, 0.4) is 0 Å². The van der Waals surface area contributed by atoms with Crippen LogP contribution in [0.5, 0.6) is 0 Å². The molecule has 0 aliphatic carbocycles. The van der Waals surface area contributed by atoms with Gasteiger partial charge < -0.3 is 14.2 Å².